The van der Waals surface area contributed by atoms with Crippen LogP contribution >= 0.6 is 0 Å². The van der Waals surface area contributed by atoms with E-state index < -0.39 is 5.92 Å². The van der Waals surface area contributed by atoms with E-state index in [0.29, 0.717) is 11.4 Å². The zero-order valence-electron chi connectivity index (χ0n) is 14.3. The van der Waals surface area contributed by atoms with Crippen LogP contribution in [0.25, 0.3) is 11.1 Å². The SMILES string of the molecule is COc1ccccc1N=CC1C(=O)Nc2cc(-c3ccccc3)ccc21. The summed E-state index contributed by atoms with van der Waals surface area (Å²) in [5.41, 5.74) is 4.68. The number of hydrogen-bond donors (Lipinski definition) is 1. The third-order valence-electron chi connectivity index (χ3n) is 4.48. The van der Waals surface area contributed by atoms with Crippen LogP contribution in [0.3, 0.4) is 0 Å². The van der Waals surface area contributed by atoms with Gasteiger partial charge in [-0.15, -0.1) is 0 Å². The molecule has 1 aliphatic rings. The van der Waals surface area contributed by atoms with E-state index in [0.717, 1.165) is 22.4 Å². The molecule has 1 atom stereocenters. The van der Waals surface area contributed by atoms with Crippen molar-refractivity contribution in [2.24, 2.45) is 4.99 Å². The Bertz CT molecular complexity index is 980. The van der Waals surface area contributed by atoms with Crippen molar-refractivity contribution in [1.29, 1.82) is 0 Å². The number of nitrogens with zero attached hydrogens (tertiary/aromatic N) is 1. The Kier molecular flexibility index (Phi) is 4.23. The molecule has 0 saturated carbocycles. The molecule has 1 aliphatic heterocycles. The van der Waals surface area contributed by atoms with Crippen LogP contribution in [0.2, 0.25) is 0 Å². The van der Waals surface area contributed by atoms with Crippen LogP contribution in [0.5, 0.6) is 5.75 Å². The fraction of sp³-hybridized carbons (Fsp3) is 0.0909. The molecule has 4 nitrogen and oxygen atoms in total. The van der Waals surface area contributed by atoms with Crippen molar-refractivity contribution in [1.82, 2.24) is 0 Å². The fourth-order valence-corrected chi connectivity index (χ4v) is 3.14. The van der Waals surface area contributed by atoms with E-state index in [1.165, 1.54) is 0 Å². The normalized spacial score (nSPS) is 15.7. The number of para-hydroxylation sites is 2. The lowest BCUT2D eigenvalue weighted by atomic mass is 9.98. The van der Waals surface area contributed by atoms with Gasteiger partial charge in [0.1, 0.15) is 17.4 Å². The highest BCUT2D eigenvalue weighted by molar-refractivity contribution is 6.13. The molecule has 0 aliphatic carbocycles. The van der Waals surface area contributed by atoms with Crippen LogP contribution in [-0.4, -0.2) is 19.2 Å². The number of ether oxygens (including phenoxy) is 1. The summed E-state index contributed by atoms with van der Waals surface area (Å²) in [4.78, 5) is 16.9. The number of fused-ring (bicyclic) bond motifs is 1. The Labute approximate surface area is 152 Å². The fourth-order valence-electron chi connectivity index (χ4n) is 3.14. The van der Waals surface area contributed by atoms with Crippen molar-refractivity contribution in [2.75, 3.05) is 12.4 Å². The predicted molar refractivity (Wildman–Crippen MR) is 104 cm³/mol. The lowest BCUT2D eigenvalue weighted by Gasteiger charge is -2.07. The van der Waals surface area contributed by atoms with Gasteiger partial charge in [0, 0.05) is 11.9 Å². The summed E-state index contributed by atoms with van der Waals surface area (Å²) in [6, 6.07) is 23.6. The Morgan fingerprint density at radius 2 is 1.73 bits per heavy atom. The van der Waals surface area contributed by atoms with Crippen LogP contribution in [0.15, 0.2) is 77.8 Å². The molecule has 0 saturated heterocycles. The van der Waals surface area contributed by atoms with Crippen molar-refractivity contribution < 1.29 is 9.53 Å². The molecule has 4 heteroatoms. The number of methoxy groups -OCH3 is 1. The Hall–Kier alpha value is -3.40. The Morgan fingerprint density at radius 1 is 0.962 bits per heavy atom. The first-order valence-electron chi connectivity index (χ1n) is 8.44. The maximum Gasteiger partial charge on any atom is 0.237 e. The predicted octanol–water partition coefficient (Wildman–Crippen LogP) is 4.80. The molecule has 26 heavy (non-hydrogen) atoms. The minimum atomic E-state index is -0.403. The van der Waals surface area contributed by atoms with Crippen molar-refractivity contribution in [3.8, 4) is 16.9 Å². The summed E-state index contributed by atoms with van der Waals surface area (Å²) in [5, 5.41) is 2.96. The molecule has 0 spiro atoms. The van der Waals surface area contributed by atoms with E-state index in [4.69, 9.17) is 4.74 Å². The van der Waals surface area contributed by atoms with E-state index in [1.807, 2.05) is 60.7 Å². The molecule has 0 radical (unpaired) electrons. The first-order valence-corrected chi connectivity index (χ1v) is 8.44. The van der Waals surface area contributed by atoms with Gasteiger partial charge in [0.25, 0.3) is 0 Å². The monoisotopic (exact) mass is 342 g/mol. The number of carbonyl (C=O) groups is 1. The molecule has 1 heterocycles. The highest BCUT2D eigenvalue weighted by atomic mass is 16.5. The highest BCUT2D eigenvalue weighted by Crippen LogP contribution is 2.36. The topological polar surface area (TPSA) is 50.7 Å². The lowest BCUT2D eigenvalue weighted by Crippen LogP contribution is -2.12. The second kappa shape index (κ2) is 6.84. The van der Waals surface area contributed by atoms with Gasteiger partial charge in [-0.3, -0.25) is 9.79 Å². The summed E-state index contributed by atoms with van der Waals surface area (Å²) >= 11 is 0. The largest absolute Gasteiger partial charge is 0.494 e. The van der Waals surface area contributed by atoms with Gasteiger partial charge in [-0.05, 0) is 34.9 Å². The third-order valence-corrected chi connectivity index (χ3v) is 4.48. The van der Waals surface area contributed by atoms with E-state index in [2.05, 4.69) is 22.4 Å². The number of anilines is 1. The van der Waals surface area contributed by atoms with Gasteiger partial charge in [-0.1, -0.05) is 54.6 Å². The van der Waals surface area contributed by atoms with E-state index in [1.54, 1.807) is 13.3 Å². The lowest BCUT2D eigenvalue weighted by molar-refractivity contribution is -0.115. The minimum Gasteiger partial charge on any atom is -0.494 e. The second-order valence-corrected chi connectivity index (χ2v) is 6.08. The molecule has 3 aromatic carbocycles. The van der Waals surface area contributed by atoms with Crippen molar-refractivity contribution >= 4 is 23.5 Å². The number of nitrogens with one attached hydrogen (secondary N) is 1. The Morgan fingerprint density at radius 3 is 2.54 bits per heavy atom. The van der Waals surface area contributed by atoms with Crippen LogP contribution in [0.1, 0.15) is 11.5 Å². The first-order chi connectivity index (χ1) is 12.8. The van der Waals surface area contributed by atoms with E-state index in [9.17, 15) is 4.79 Å². The molecule has 128 valence electrons. The van der Waals surface area contributed by atoms with Gasteiger partial charge in [0.05, 0.1) is 7.11 Å². The van der Waals surface area contributed by atoms with Crippen molar-refractivity contribution in [2.45, 2.75) is 5.92 Å². The second-order valence-electron chi connectivity index (χ2n) is 6.08. The number of rotatable bonds is 4. The van der Waals surface area contributed by atoms with E-state index in [-0.39, 0.29) is 5.91 Å². The molecule has 4 rings (SSSR count). The summed E-state index contributed by atoms with van der Waals surface area (Å²) in [6.07, 6.45) is 1.68. The standard InChI is InChI=1S/C22H18N2O2/c1-26-21-10-6-5-9-19(21)23-14-18-17-12-11-16(13-20(17)24-22(18)25)15-7-3-2-4-8-15/h2-14,18H,1H3,(H,24,25). The molecule has 0 aromatic heterocycles. The molecular formula is C22H18N2O2. The van der Waals surface area contributed by atoms with Crippen molar-refractivity contribution in [3.05, 3.63) is 78.4 Å². The minimum absolute atomic E-state index is 0.0659. The summed E-state index contributed by atoms with van der Waals surface area (Å²) in [5.74, 6) is 0.213. The van der Waals surface area contributed by atoms with Gasteiger partial charge in [0.2, 0.25) is 5.91 Å². The average molecular weight is 342 g/mol. The zero-order chi connectivity index (χ0) is 17.9. The molecule has 1 unspecified atom stereocenters. The Balaban J connectivity index is 1.65. The number of hydrogen-bond acceptors (Lipinski definition) is 3. The quantitative estimate of drug-likeness (QED) is 0.692. The third kappa shape index (κ3) is 2.97. The molecule has 0 bridgehead atoms. The molecule has 3 aromatic rings. The number of benzene rings is 3. The average Bonchev–Trinajstić information content (AvgIpc) is 3.01. The number of aliphatic imine (C=N–C) groups is 1. The highest BCUT2D eigenvalue weighted by Gasteiger charge is 2.29. The van der Waals surface area contributed by atoms with Crippen LogP contribution in [-0.2, 0) is 4.79 Å². The van der Waals surface area contributed by atoms with Crippen LogP contribution < -0.4 is 10.1 Å². The van der Waals surface area contributed by atoms with Crippen LogP contribution in [0, 0.1) is 0 Å². The van der Waals surface area contributed by atoms with Gasteiger partial charge < -0.3 is 10.1 Å². The maximum atomic E-state index is 12.4. The van der Waals surface area contributed by atoms with Gasteiger partial charge in [0.15, 0.2) is 0 Å². The molecule has 1 N–H and O–H groups in total. The molecule has 0 fully saturated rings. The van der Waals surface area contributed by atoms with E-state index >= 15 is 0 Å². The molecule has 1 amide bonds. The number of carbonyl (C=O) groups excluding carboxylic acids is 1. The van der Waals surface area contributed by atoms with Gasteiger partial charge >= 0.3 is 0 Å². The summed E-state index contributed by atoms with van der Waals surface area (Å²) in [6.45, 7) is 0. The first kappa shape index (κ1) is 16.1. The van der Waals surface area contributed by atoms with Crippen molar-refractivity contribution in [3.63, 3.8) is 0 Å². The molecular weight excluding hydrogens is 324 g/mol. The van der Waals surface area contributed by atoms with Gasteiger partial charge in [-0.2, -0.15) is 0 Å². The number of amides is 1. The summed E-state index contributed by atoms with van der Waals surface area (Å²) in [7, 11) is 1.61. The van der Waals surface area contributed by atoms with Gasteiger partial charge in [-0.25, -0.2) is 0 Å². The zero-order valence-corrected chi connectivity index (χ0v) is 14.3. The maximum absolute atomic E-state index is 12.4. The van der Waals surface area contributed by atoms with Crippen LogP contribution in [0.4, 0.5) is 11.4 Å². The summed E-state index contributed by atoms with van der Waals surface area (Å²) < 4.78 is 5.31. The smallest absolute Gasteiger partial charge is 0.237 e.